The van der Waals surface area contributed by atoms with Crippen molar-refractivity contribution in [1.82, 2.24) is 19.9 Å². The van der Waals surface area contributed by atoms with Crippen LogP contribution < -0.4 is 10.7 Å². The predicted molar refractivity (Wildman–Crippen MR) is 123 cm³/mol. The van der Waals surface area contributed by atoms with Crippen LogP contribution >= 0.6 is 12.4 Å². The summed E-state index contributed by atoms with van der Waals surface area (Å²) in [6.45, 7) is 1.96. The number of H-pyrrole nitrogens is 1. The summed E-state index contributed by atoms with van der Waals surface area (Å²) in [6.07, 6.45) is 3.55. The lowest BCUT2D eigenvalue weighted by Crippen LogP contribution is -2.17. The summed E-state index contributed by atoms with van der Waals surface area (Å²) in [5, 5.41) is 3.77. The largest absolute Gasteiger partial charge is 0.458 e. The van der Waals surface area contributed by atoms with E-state index in [1.165, 1.54) is 18.5 Å². The normalized spacial score (nSPS) is 11.9. The quantitative estimate of drug-likeness (QED) is 0.379. The molecule has 1 unspecified atom stereocenters. The number of nitrogens with one attached hydrogen (secondary N) is 2. The van der Waals surface area contributed by atoms with Crippen LogP contribution in [0, 0.1) is 5.82 Å². The van der Waals surface area contributed by atoms with E-state index in [4.69, 9.17) is 4.42 Å². The molecule has 0 aliphatic rings. The van der Waals surface area contributed by atoms with Crippen LogP contribution in [0.3, 0.4) is 0 Å². The van der Waals surface area contributed by atoms with Crippen LogP contribution in [0.5, 0.6) is 0 Å². The number of hydrogen-bond donors (Lipinski definition) is 2. The maximum Gasteiger partial charge on any atom is 0.200 e. The van der Waals surface area contributed by atoms with Gasteiger partial charge in [0.1, 0.15) is 29.0 Å². The van der Waals surface area contributed by atoms with Crippen LogP contribution in [-0.2, 0) is 0 Å². The summed E-state index contributed by atoms with van der Waals surface area (Å²) in [7, 11) is 0. The molecule has 0 aliphatic heterocycles. The molecule has 0 amide bonds. The Kier molecular flexibility index (Phi) is 5.87. The topological polar surface area (TPSA) is 96.7 Å². The Morgan fingerprint density at radius 1 is 1.12 bits per heavy atom. The molecule has 0 bridgehead atoms. The smallest absolute Gasteiger partial charge is 0.200 e. The van der Waals surface area contributed by atoms with Crippen LogP contribution in [0.4, 0.5) is 10.2 Å². The Hall–Kier alpha value is -3.78. The van der Waals surface area contributed by atoms with E-state index in [1.807, 2.05) is 13.0 Å². The highest BCUT2D eigenvalue weighted by Gasteiger charge is 2.24. The van der Waals surface area contributed by atoms with Gasteiger partial charge in [-0.05, 0) is 36.2 Å². The summed E-state index contributed by atoms with van der Waals surface area (Å²) >= 11 is 0. The van der Waals surface area contributed by atoms with E-state index in [9.17, 15) is 9.18 Å². The number of rotatable bonds is 5. The van der Waals surface area contributed by atoms with Crippen molar-refractivity contribution in [2.24, 2.45) is 0 Å². The SMILES string of the molecule is CCC(Nc1ncnc2[nH]cnc12)c1oc2ccccc2c(=O)c1-c1cccc(F)c1.Cl. The molecule has 0 aliphatic carbocycles. The lowest BCUT2D eigenvalue weighted by molar-refractivity contribution is 0.495. The second-order valence-corrected chi connectivity index (χ2v) is 7.10. The van der Waals surface area contributed by atoms with Gasteiger partial charge >= 0.3 is 0 Å². The monoisotopic (exact) mass is 451 g/mol. The Labute approximate surface area is 188 Å². The Morgan fingerprint density at radius 2 is 1.97 bits per heavy atom. The van der Waals surface area contributed by atoms with E-state index >= 15 is 0 Å². The lowest BCUT2D eigenvalue weighted by Gasteiger charge is -2.20. The molecule has 0 saturated heterocycles. The summed E-state index contributed by atoms with van der Waals surface area (Å²) in [5.74, 6) is 0.504. The zero-order chi connectivity index (χ0) is 21.4. The van der Waals surface area contributed by atoms with Gasteiger partial charge in [0.2, 0.25) is 5.43 Å². The van der Waals surface area contributed by atoms with Crippen molar-refractivity contribution in [2.45, 2.75) is 19.4 Å². The number of imidazole rings is 1. The van der Waals surface area contributed by atoms with Crippen LogP contribution in [0.1, 0.15) is 25.1 Å². The van der Waals surface area contributed by atoms with Gasteiger partial charge in [-0.3, -0.25) is 4.79 Å². The highest BCUT2D eigenvalue weighted by atomic mass is 35.5. The first-order valence-corrected chi connectivity index (χ1v) is 9.88. The van der Waals surface area contributed by atoms with Gasteiger partial charge in [-0.1, -0.05) is 31.2 Å². The van der Waals surface area contributed by atoms with Gasteiger partial charge in [-0.2, -0.15) is 0 Å². The van der Waals surface area contributed by atoms with E-state index in [0.717, 1.165) is 0 Å². The molecule has 7 nitrogen and oxygen atoms in total. The maximum absolute atomic E-state index is 14.0. The number of para-hydroxylation sites is 1. The fourth-order valence-electron chi connectivity index (χ4n) is 3.71. The van der Waals surface area contributed by atoms with Crippen molar-refractivity contribution in [3.05, 3.63) is 83.0 Å². The van der Waals surface area contributed by atoms with Crippen LogP contribution in [0.25, 0.3) is 33.3 Å². The molecule has 0 spiro atoms. The van der Waals surface area contributed by atoms with Crippen LogP contribution in [-0.4, -0.2) is 19.9 Å². The molecule has 2 aromatic carbocycles. The van der Waals surface area contributed by atoms with Crippen molar-refractivity contribution in [1.29, 1.82) is 0 Å². The molecule has 0 saturated carbocycles. The summed E-state index contributed by atoms with van der Waals surface area (Å²) < 4.78 is 20.3. The number of nitrogens with zero attached hydrogens (tertiary/aromatic N) is 3. The van der Waals surface area contributed by atoms with Gasteiger partial charge in [0.15, 0.2) is 11.5 Å². The molecule has 5 aromatic rings. The minimum Gasteiger partial charge on any atom is -0.458 e. The first-order valence-electron chi connectivity index (χ1n) is 9.88. The predicted octanol–water partition coefficient (Wildman–Crippen LogP) is 5.25. The van der Waals surface area contributed by atoms with Gasteiger partial charge in [0.05, 0.1) is 23.3 Å². The molecule has 2 N–H and O–H groups in total. The van der Waals surface area contributed by atoms with Crippen LogP contribution in [0.2, 0.25) is 0 Å². The first kappa shape index (κ1) is 21.5. The number of anilines is 1. The minimum absolute atomic E-state index is 0. The average molecular weight is 452 g/mol. The highest BCUT2D eigenvalue weighted by molar-refractivity contribution is 5.85. The second kappa shape index (κ2) is 8.76. The molecule has 9 heteroatoms. The fourth-order valence-corrected chi connectivity index (χ4v) is 3.71. The van der Waals surface area contributed by atoms with Crippen molar-refractivity contribution in [3.8, 4) is 11.1 Å². The van der Waals surface area contributed by atoms with Gasteiger partial charge in [0.25, 0.3) is 0 Å². The van der Waals surface area contributed by atoms with Gasteiger partial charge in [0, 0.05) is 0 Å². The molecular weight excluding hydrogens is 433 g/mol. The van der Waals surface area contributed by atoms with Gasteiger partial charge in [-0.15, -0.1) is 12.4 Å². The zero-order valence-electron chi connectivity index (χ0n) is 17.0. The number of aromatic nitrogens is 4. The number of halogens is 2. The van der Waals surface area contributed by atoms with Gasteiger partial charge in [-0.25, -0.2) is 19.3 Å². The van der Waals surface area contributed by atoms with E-state index in [1.54, 1.807) is 36.7 Å². The summed E-state index contributed by atoms with van der Waals surface area (Å²) in [4.78, 5) is 29.1. The molecule has 162 valence electrons. The number of aromatic amines is 1. The molecule has 3 heterocycles. The average Bonchev–Trinajstić information content (AvgIpc) is 3.27. The Morgan fingerprint density at radius 3 is 2.78 bits per heavy atom. The standard InChI is InChI=1S/C23H18FN5O2.ClH/c1-2-16(29-23-19-22(26-11-25-19)27-12-28-23)21-18(13-6-5-7-14(24)10-13)20(30)15-8-3-4-9-17(15)31-21;/h3-12,16H,2H2,1H3,(H2,25,26,27,28,29);1H. The fraction of sp³-hybridized carbons (Fsp3) is 0.130. The summed E-state index contributed by atoms with van der Waals surface area (Å²) in [5.41, 5.74) is 2.21. The second-order valence-electron chi connectivity index (χ2n) is 7.10. The minimum atomic E-state index is -0.425. The van der Waals surface area contributed by atoms with E-state index in [2.05, 4.69) is 25.3 Å². The molecule has 32 heavy (non-hydrogen) atoms. The zero-order valence-corrected chi connectivity index (χ0v) is 17.8. The maximum atomic E-state index is 14.0. The molecular formula is C23H19ClFN5O2. The van der Waals surface area contributed by atoms with E-state index in [0.29, 0.717) is 51.3 Å². The number of benzene rings is 2. The van der Waals surface area contributed by atoms with Gasteiger partial charge < -0.3 is 14.7 Å². The summed E-state index contributed by atoms with van der Waals surface area (Å²) in [6, 6.07) is 12.6. The molecule has 0 radical (unpaired) electrons. The Bertz CT molecular complexity index is 1470. The molecule has 3 aromatic heterocycles. The van der Waals surface area contributed by atoms with Crippen molar-refractivity contribution in [2.75, 3.05) is 5.32 Å². The number of fused-ring (bicyclic) bond motifs is 2. The molecule has 5 rings (SSSR count). The van der Waals surface area contributed by atoms with Crippen LogP contribution in [0.15, 0.2) is 70.4 Å². The third-order valence-corrected chi connectivity index (χ3v) is 5.19. The molecule has 0 fully saturated rings. The lowest BCUT2D eigenvalue weighted by atomic mass is 9.97. The number of hydrogen-bond acceptors (Lipinski definition) is 6. The van der Waals surface area contributed by atoms with E-state index in [-0.39, 0.29) is 17.8 Å². The third-order valence-electron chi connectivity index (χ3n) is 5.19. The van der Waals surface area contributed by atoms with Crippen molar-refractivity contribution < 1.29 is 8.81 Å². The third kappa shape index (κ3) is 3.69. The van der Waals surface area contributed by atoms with E-state index < -0.39 is 11.9 Å². The highest BCUT2D eigenvalue weighted by Crippen LogP contribution is 2.33. The Balaban J connectivity index is 0.00000245. The van der Waals surface area contributed by atoms with Crippen molar-refractivity contribution >= 4 is 40.4 Å². The first-order chi connectivity index (χ1) is 15.2. The molecule has 1 atom stereocenters. The van der Waals surface area contributed by atoms with Crippen molar-refractivity contribution in [3.63, 3.8) is 0 Å².